The molecule has 0 radical (unpaired) electrons. The van der Waals surface area contributed by atoms with Gasteiger partial charge in [0.25, 0.3) is 0 Å². The lowest BCUT2D eigenvalue weighted by Gasteiger charge is -2.03. The van der Waals surface area contributed by atoms with Gasteiger partial charge in [0.2, 0.25) is 11.8 Å². The van der Waals surface area contributed by atoms with Crippen LogP contribution < -0.4 is 11.1 Å². The molecule has 2 amide bonds. The van der Waals surface area contributed by atoms with Crippen LogP contribution in [0.3, 0.4) is 0 Å². The van der Waals surface area contributed by atoms with Crippen molar-refractivity contribution in [1.82, 2.24) is 5.32 Å². The molecule has 0 atom stereocenters. The van der Waals surface area contributed by atoms with Crippen LogP contribution in [-0.4, -0.2) is 11.8 Å². The Morgan fingerprint density at radius 3 is 2.81 bits per heavy atom. The lowest BCUT2D eigenvalue weighted by molar-refractivity contribution is -0.116. The first-order valence-corrected chi connectivity index (χ1v) is 4.92. The van der Waals surface area contributed by atoms with E-state index in [-0.39, 0.29) is 5.91 Å². The highest BCUT2D eigenvalue weighted by atomic mass is 16.1. The number of carbonyl (C=O) groups is 2. The van der Waals surface area contributed by atoms with E-state index >= 15 is 0 Å². The van der Waals surface area contributed by atoms with E-state index in [2.05, 4.69) is 5.32 Å². The molecule has 0 fully saturated rings. The minimum atomic E-state index is -0.471. The van der Waals surface area contributed by atoms with Crippen LogP contribution in [0.2, 0.25) is 0 Å². The van der Waals surface area contributed by atoms with Crippen LogP contribution in [0.15, 0.2) is 36.4 Å². The number of primary amides is 1. The van der Waals surface area contributed by atoms with Crippen molar-refractivity contribution in [3.8, 4) is 0 Å². The maximum absolute atomic E-state index is 11.1. The van der Waals surface area contributed by atoms with Crippen LogP contribution in [-0.2, 0) is 11.3 Å². The van der Waals surface area contributed by atoms with Gasteiger partial charge in [-0.15, -0.1) is 0 Å². The number of hydrogen-bond acceptors (Lipinski definition) is 2. The van der Waals surface area contributed by atoms with Crippen LogP contribution in [0.25, 0.3) is 0 Å². The van der Waals surface area contributed by atoms with Gasteiger partial charge in [0.15, 0.2) is 0 Å². The van der Waals surface area contributed by atoms with Crippen molar-refractivity contribution in [3.63, 3.8) is 0 Å². The Labute approximate surface area is 94.1 Å². The van der Waals surface area contributed by atoms with Gasteiger partial charge >= 0.3 is 0 Å². The van der Waals surface area contributed by atoms with Crippen molar-refractivity contribution in [1.29, 1.82) is 0 Å². The van der Waals surface area contributed by atoms with Gasteiger partial charge in [0.05, 0.1) is 0 Å². The van der Waals surface area contributed by atoms with Gasteiger partial charge in [-0.3, -0.25) is 9.59 Å². The minimum Gasteiger partial charge on any atom is -0.366 e. The van der Waals surface area contributed by atoms with Crippen LogP contribution in [0.5, 0.6) is 0 Å². The molecule has 1 rings (SSSR count). The summed E-state index contributed by atoms with van der Waals surface area (Å²) in [5, 5.41) is 2.69. The topological polar surface area (TPSA) is 72.2 Å². The third-order valence-electron chi connectivity index (χ3n) is 2.00. The highest BCUT2D eigenvalue weighted by Crippen LogP contribution is 2.04. The number of nitrogens with two attached hydrogens (primary N) is 1. The Bertz CT molecular complexity index is 425. The number of allylic oxidation sites excluding steroid dienone is 1. The monoisotopic (exact) mass is 218 g/mol. The van der Waals surface area contributed by atoms with E-state index in [4.69, 9.17) is 5.73 Å². The molecule has 0 aromatic heterocycles. The smallest absolute Gasteiger partial charge is 0.248 e. The highest BCUT2D eigenvalue weighted by molar-refractivity contribution is 5.93. The van der Waals surface area contributed by atoms with Gasteiger partial charge in [-0.25, -0.2) is 0 Å². The number of rotatable bonds is 4. The Morgan fingerprint density at radius 1 is 1.44 bits per heavy atom. The number of hydrogen-bond donors (Lipinski definition) is 2. The summed E-state index contributed by atoms with van der Waals surface area (Å²) in [6, 6.07) is 6.86. The van der Waals surface area contributed by atoms with Crippen molar-refractivity contribution >= 4 is 11.8 Å². The van der Waals surface area contributed by atoms with E-state index in [0.29, 0.717) is 12.1 Å². The molecule has 1 aromatic carbocycles. The van der Waals surface area contributed by atoms with E-state index in [1.54, 1.807) is 31.2 Å². The molecule has 0 aliphatic rings. The van der Waals surface area contributed by atoms with Gasteiger partial charge < -0.3 is 11.1 Å². The zero-order valence-electron chi connectivity index (χ0n) is 9.07. The lowest BCUT2D eigenvalue weighted by atomic mass is 10.1. The average molecular weight is 218 g/mol. The SMILES string of the molecule is CC=CC(=O)NCc1cccc(C(N)=O)c1. The summed E-state index contributed by atoms with van der Waals surface area (Å²) in [5.74, 6) is -0.631. The molecule has 0 unspecified atom stereocenters. The fourth-order valence-electron chi connectivity index (χ4n) is 1.23. The maximum atomic E-state index is 11.1. The maximum Gasteiger partial charge on any atom is 0.248 e. The zero-order chi connectivity index (χ0) is 12.0. The van der Waals surface area contributed by atoms with Crippen molar-refractivity contribution in [3.05, 3.63) is 47.5 Å². The highest BCUT2D eigenvalue weighted by Gasteiger charge is 2.01. The molecule has 84 valence electrons. The number of amides is 2. The Morgan fingerprint density at radius 2 is 2.19 bits per heavy atom. The van der Waals surface area contributed by atoms with Crippen LogP contribution in [0.4, 0.5) is 0 Å². The molecule has 1 aromatic rings. The molecule has 16 heavy (non-hydrogen) atoms. The van der Waals surface area contributed by atoms with Crippen LogP contribution in [0.1, 0.15) is 22.8 Å². The summed E-state index contributed by atoms with van der Waals surface area (Å²) >= 11 is 0. The molecule has 0 spiro atoms. The first-order chi connectivity index (χ1) is 7.63. The molecule has 4 heteroatoms. The molecule has 4 nitrogen and oxygen atoms in total. The normalized spacial score (nSPS) is 10.3. The number of nitrogens with one attached hydrogen (secondary N) is 1. The summed E-state index contributed by atoms with van der Waals surface area (Å²) in [6.45, 7) is 2.15. The predicted octanol–water partition coefficient (Wildman–Crippen LogP) is 0.978. The van der Waals surface area contributed by atoms with E-state index in [9.17, 15) is 9.59 Å². The van der Waals surface area contributed by atoms with Gasteiger partial charge in [0.1, 0.15) is 0 Å². The molecule has 0 aliphatic carbocycles. The van der Waals surface area contributed by atoms with Gasteiger partial charge in [-0.05, 0) is 30.7 Å². The van der Waals surface area contributed by atoms with Crippen molar-refractivity contribution in [2.24, 2.45) is 5.73 Å². The van der Waals surface area contributed by atoms with Crippen molar-refractivity contribution in [2.75, 3.05) is 0 Å². The molecule has 0 aliphatic heterocycles. The molecule has 0 saturated carbocycles. The summed E-state index contributed by atoms with van der Waals surface area (Å²) in [4.78, 5) is 22.1. The molecule has 0 bridgehead atoms. The van der Waals surface area contributed by atoms with Gasteiger partial charge in [0, 0.05) is 12.1 Å². The summed E-state index contributed by atoms with van der Waals surface area (Å²) in [7, 11) is 0. The van der Waals surface area contributed by atoms with E-state index < -0.39 is 5.91 Å². The average Bonchev–Trinajstić information content (AvgIpc) is 2.27. The Balaban J connectivity index is 2.64. The number of carbonyl (C=O) groups excluding carboxylic acids is 2. The quantitative estimate of drug-likeness (QED) is 0.739. The second kappa shape index (κ2) is 5.70. The lowest BCUT2D eigenvalue weighted by Crippen LogP contribution is -2.20. The fourth-order valence-corrected chi connectivity index (χ4v) is 1.23. The predicted molar refractivity (Wildman–Crippen MR) is 61.6 cm³/mol. The van der Waals surface area contributed by atoms with Gasteiger partial charge in [-0.1, -0.05) is 18.2 Å². The summed E-state index contributed by atoms with van der Waals surface area (Å²) in [5.41, 5.74) is 6.43. The molecule has 0 heterocycles. The fraction of sp³-hybridized carbons (Fsp3) is 0.167. The summed E-state index contributed by atoms with van der Waals surface area (Å²) < 4.78 is 0. The minimum absolute atomic E-state index is 0.160. The third kappa shape index (κ3) is 3.57. The van der Waals surface area contributed by atoms with Crippen molar-refractivity contribution < 1.29 is 9.59 Å². The molecular formula is C12H14N2O2. The second-order valence-electron chi connectivity index (χ2n) is 3.28. The van der Waals surface area contributed by atoms with E-state index in [0.717, 1.165) is 5.56 Å². The van der Waals surface area contributed by atoms with Crippen LogP contribution in [0, 0.1) is 0 Å². The first-order valence-electron chi connectivity index (χ1n) is 4.92. The van der Waals surface area contributed by atoms with Crippen molar-refractivity contribution in [2.45, 2.75) is 13.5 Å². The van der Waals surface area contributed by atoms with Crippen LogP contribution >= 0.6 is 0 Å². The first kappa shape index (κ1) is 12.0. The van der Waals surface area contributed by atoms with Gasteiger partial charge in [-0.2, -0.15) is 0 Å². The summed E-state index contributed by atoms with van der Waals surface area (Å²) in [6.07, 6.45) is 3.10. The second-order valence-corrected chi connectivity index (χ2v) is 3.28. The Hall–Kier alpha value is -2.10. The van der Waals surface area contributed by atoms with E-state index in [1.807, 2.05) is 6.07 Å². The Kier molecular flexibility index (Phi) is 4.27. The largest absolute Gasteiger partial charge is 0.366 e. The standard InChI is InChI=1S/C12H14N2O2/c1-2-4-11(15)14-8-9-5-3-6-10(7-9)12(13)16/h2-7H,8H2,1H3,(H2,13,16)(H,14,15). The molecular weight excluding hydrogens is 204 g/mol. The molecule has 0 saturated heterocycles. The zero-order valence-corrected chi connectivity index (χ0v) is 9.07. The third-order valence-corrected chi connectivity index (χ3v) is 2.00. The molecule has 3 N–H and O–H groups in total. The van der Waals surface area contributed by atoms with E-state index in [1.165, 1.54) is 6.08 Å². The number of benzene rings is 1.